The van der Waals surface area contributed by atoms with E-state index in [1.165, 1.54) is 13.0 Å². The molecule has 1 N–H and O–H groups in total. The summed E-state index contributed by atoms with van der Waals surface area (Å²) in [5.74, 6) is -2.31. The molecule has 8 nitrogen and oxygen atoms in total. The summed E-state index contributed by atoms with van der Waals surface area (Å²) < 4.78 is 4.90. The van der Waals surface area contributed by atoms with E-state index in [0.29, 0.717) is 5.56 Å². The van der Waals surface area contributed by atoms with Crippen LogP contribution in [0.3, 0.4) is 0 Å². The summed E-state index contributed by atoms with van der Waals surface area (Å²) in [6.45, 7) is 4.97. The number of fused-ring (bicyclic) bond motifs is 1. The quantitative estimate of drug-likeness (QED) is 0.470. The van der Waals surface area contributed by atoms with E-state index in [4.69, 9.17) is 4.74 Å². The molecule has 0 bridgehead atoms. The van der Waals surface area contributed by atoms with Crippen LogP contribution in [0.4, 0.5) is 0 Å². The number of aliphatic hydroxyl groups excluding tert-OH is 1. The smallest absolute Gasteiger partial charge is 0.378 e. The summed E-state index contributed by atoms with van der Waals surface area (Å²) in [4.78, 5) is 43.4. The van der Waals surface area contributed by atoms with Crippen molar-refractivity contribution in [2.75, 3.05) is 6.61 Å². The van der Waals surface area contributed by atoms with Crippen LogP contribution in [0, 0.1) is 0 Å². The number of hydrogen-bond acceptors (Lipinski definition) is 8. The second-order valence-corrected chi connectivity index (χ2v) is 5.21. The lowest BCUT2D eigenvalue weighted by Crippen LogP contribution is -2.19. The Morgan fingerprint density at radius 3 is 2.71 bits per heavy atom. The first kappa shape index (κ1) is 17.6. The van der Waals surface area contributed by atoms with E-state index in [9.17, 15) is 19.5 Å². The molecule has 1 atom stereocenters. The van der Waals surface area contributed by atoms with E-state index in [1.807, 2.05) is 0 Å². The van der Waals surface area contributed by atoms with Crippen molar-refractivity contribution in [3.8, 4) is 0 Å². The Hall–Kier alpha value is -2.71. The maximum absolute atomic E-state index is 11.9. The van der Waals surface area contributed by atoms with E-state index < -0.39 is 24.0 Å². The highest BCUT2D eigenvalue weighted by molar-refractivity contribution is 6.04. The lowest BCUT2D eigenvalue weighted by Gasteiger charge is -2.13. The average molecular weight is 336 g/mol. The maximum atomic E-state index is 11.9. The lowest BCUT2D eigenvalue weighted by molar-refractivity contribution is -0.444. The molecule has 0 amide bonds. The van der Waals surface area contributed by atoms with Crippen LogP contribution in [0.25, 0.3) is 0 Å². The third-order valence-corrected chi connectivity index (χ3v) is 3.28. The Labute approximate surface area is 137 Å². The minimum atomic E-state index is -0.901. The highest BCUT2D eigenvalue weighted by Gasteiger charge is 2.29. The summed E-state index contributed by atoms with van der Waals surface area (Å²) >= 11 is 0. The van der Waals surface area contributed by atoms with Gasteiger partial charge in [-0.15, -0.1) is 0 Å². The van der Waals surface area contributed by atoms with Gasteiger partial charge in [0.2, 0.25) is 0 Å². The summed E-state index contributed by atoms with van der Waals surface area (Å²) in [6, 6.07) is 4.50. The van der Waals surface area contributed by atoms with Crippen molar-refractivity contribution in [3.63, 3.8) is 0 Å². The van der Waals surface area contributed by atoms with E-state index in [2.05, 4.69) is 21.4 Å². The van der Waals surface area contributed by atoms with Gasteiger partial charge >= 0.3 is 17.9 Å². The second kappa shape index (κ2) is 7.71. The van der Waals surface area contributed by atoms with Gasteiger partial charge in [-0.3, -0.25) is 9.78 Å². The molecule has 0 saturated carbocycles. The molecule has 1 aromatic rings. The van der Waals surface area contributed by atoms with E-state index in [-0.39, 0.29) is 36.1 Å². The first-order chi connectivity index (χ1) is 11.4. The number of benzene rings is 1. The molecular weight excluding hydrogens is 320 g/mol. The van der Waals surface area contributed by atoms with Gasteiger partial charge in [0.1, 0.15) is 0 Å². The van der Waals surface area contributed by atoms with Gasteiger partial charge < -0.3 is 9.84 Å². The molecular formula is C16H16O8. The van der Waals surface area contributed by atoms with Crippen LogP contribution in [-0.4, -0.2) is 35.7 Å². The molecule has 0 aliphatic carbocycles. The van der Waals surface area contributed by atoms with Crippen LogP contribution in [0.2, 0.25) is 0 Å². The number of hydrogen-bond donors (Lipinski definition) is 1. The molecule has 128 valence electrons. The molecule has 1 aromatic carbocycles. The summed E-state index contributed by atoms with van der Waals surface area (Å²) in [5.41, 5.74) is 0.603. The van der Waals surface area contributed by atoms with Crippen LogP contribution in [0.5, 0.6) is 0 Å². The summed E-state index contributed by atoms with van der Waals surface area (Å²) in [5, 5.41) is 14.1. The predicted molar refractivity (Wildman–Crippen MR) is 78.5 cm³/mol. The Kier molecular flexibility index (Phi) is 5.67. The van der Waals surface area contributed by atoms with Gasteiger partial charge in [-0.2, -0.15) is 0 Å². The van der Waals surface area contributed by atoms with Gasteiger partial charge in [-0.1, -0.05) is 18.7 Å². The number of aliphatic hydroxyl groups is 1. The minimum absolute atomic E-state index is 0.00250. The standard InChI is InChI=1S/C16H16O8/c1-9(2)14(18)21-7-6-11(17)8-10-4-3-5-12-13(10)16(20)23-24-22-15(12)19/h3-5,11,17H,1,6-8H2,2H3. The van der Waals surface area contributed by atoms with Crippen molar-refractivity contribution in [2.24, 2.45) is 0 Å². The number of rotatable bonds is 6. The van der Waals surface area contributed by atoms with Gasteiger partial charge in [-0.05, 0) is 25.0 Å². The largest absolute Gasteiger partial charge is 0.462 e. The Balaban J connectivity index is 2.06. The molecule has 0 saturated heterocycles. The normalized spacial score (nSPS) is 14.8. The molecule has 1 heterocycles. The average Bonchev–Trinajstić information content (AvgIpc) is 2.67. The van der Waals surface area contributed by atoms with Crippen LogP contribution in [0.1, 0.15) is 39.6 Å². The van der Waals surface area contributed by atoms with Crippen LogP contribution >= 0.6 is 0 Å². The highest BCUT2D eigenvalue weighted by atomic mass is 17.5. The zero-order chi connectivity index (χ0) is 17.7. The SMILES string of the molecule is C=C(C)C(=O)OCCC(O)Cc1cccc2c1C(=O)OOOC2=O. The first-order valence-corrected chi connectivity index (χ1v) is 7.12. The summed E-state index contributed by atoms with van der Waals surface area (Å²) in [6.07, 6.45) is -0.697. The zero-order valence-electron chi connectivity index (χ0n) is 12.9. The number of carbonyl (C=O) groups excluding carboxylic acids is 3. The predicted octanol–water partition coefficient (Wildman–Crippen LogP) is 1.27. The lowest BCUT2D eigenvalue weighted by atomic mass is 9.96. The molecule has 0 radical (unpaired) electrons. The fourth-order valence-electron chi connectivity index (χ4n) is 2.11. The number of esters is 1. The van der Waals surface area contributed by atoms with E-state index in [0.717, 1.165) is 0 Å². The third kappa shape index (κ3) is 4.18. The number of carbonyl (C=O) groups is 3. The fourth-order valence-corrected chi connectivity index (χ4v) is 2.11. The molecule has 24 heavy (non-hydrogen) atoms. The fraction of sp³-hybridized carbons (Fsp3) is 0.312. The van der Waals surface area contributed by atoms with Crippen molar-refractivity contribution < 1.29 is 39.0 Å². The molecule has 1 aliphatic rings. The van der Waals surface area contributed by atoms with Gasteiger partial charge in [-0.25, -0.2) is 14.4 Å². The number of ether oxygens (including phenoxy) is 1. The monoisotopic (exact) mass is 336 g/mol. The van der Waals surface area contributed by atoms with Gasteiger partial charge in [0, 0.05) is 17.0 Å². The Morgan fingerprint density at radius 2 is 2.00 bits per heavy atom. The van der Waals surface area contributed by atoms with Gasteiger partial charge in [0.25, 0.3) is 0 Å². The van der Waals surface area contributed by atoms with E-state index >= 15 is 0 Å². The minimum Gasteiger partial charge on any atom is -0.462 e. The van der Waals surface area contributed by atoms with E-state index in [1.54, 1.807) is 12.1 Å². The van der Waals surface area contributed by atoms with Crippen LogP contribution in [0.15, 0.2) is 30.4 Å². The molecule has 0 aromatic heterocycles. The van der Waals surface area contributed by atoms with Gasteiger partial charge in [0.05, 0.1) is 23.8 Å². The first-order valence-electron chi connectivity index (χ1n) is 7.12. The molecule has 1 unspecified atom stereocenters. The molecule has 2 rings (SSSR count). The topological polar surface area (TPSA) is 108 Å². The van der Waals surface area contributed by atoms with Crippen molar-refractivity contribution in [2.45, 2.75) is 25.9 Å². The molecule has 1 aliphatic heterocycles. The summed E-state index contributed by atoms with van der Waals surface area (Å²) in [7, 11) is 0. The Morgan fingerprint density at radius 1 is 1.29 bits per heavy atom. The van der Waals surface area contributed by atoms with Crippen molar-refractivity contribution in [1.82, 2.24) is 0 Å². The molecule has 8 heteroatoms. The van der Waals surface area contributed by atoms with Crippen molar-refractivity contribution in [1.29, 1.82) is 0 Å². The van der Waals surface area contributed by atoms with Crippen molar-refractivity contribution in [3.05, 3.63) is 47.0 Å². The molecule has 0 fully saturated rings. The molecule has 0 spiro atoms. The second-order valence-electron chi connectivity index (χ2n) is 5.21. The maximum Gasteiger partial charge on any atom is 0.378 e. The highest BCUT2D eigenvalue weighted by Crippen LogP contribution is 2.22. The van der Waals surface area contributed by atoms with Gasteiger partial charge in [0.15, 0.2) is 0 Å². The zero-order valence-corrected chi connectivity index (χ0v) is 12.9. The van der Waals surface area contributed by atoms with Crippen LogP contribution in [-0.2, 0) is 30.8 Å². The van der Waals surface area contributed by atoms with Crippen molar-refractivity contribution >= 4 is 17.9 Å². The van der Waals surface area contributed by atoms with Crippen LogP contribution < -0.4 is 0 Å². The Bertz CT molecular complexity index is 679. The third-order valence-electron chi connectivity index (χ3n) is 3.28.